The number of halogens is 4. The monoisotopic (exact) mass is 497 g/mol. The third kappa shape index (κ3) is 8.01. The van der Waals surface area contributed by atoms with Crippen molar-refractivity contribution in [1.29, 1.82) is 0 Å². The highest BCUT2D eigenvalue weighted by Gasteiger charge is 2.32. The fourth-order valence-corrected chi connectivity index (χ4v) is 2.12. The zero-order valence-corrected chi connectivity index (χ0v) is 17.4. The molecule has 2 rings (SSSR count). The van der Waals surface area contributed by atoms with Crippen LogP contribution in [0.4, 0.5) is 19.1 Å². The maximum Gasteiger partial charge on any atom is 0.433 e. The molecule has 0 atom stereocenters. The minimum absolute atomic E-state index is 0. The molecule has 0 aliphatic heterocycles. The van der Waals surface area contributed by atoms with E-state index in [1.807, 2.05) is 37.0 Å². The lowest BCUT2D eigenvalue weighted by molar-refractivity contribution is -0.141. The third-order valence-electron chi connectivity index (χ3n) is 3.30. The average Bonchev–Trinajstić information content (AvgIpc) is 3.01. The Bertz CT molecular complexity index is 731. The lowest BCUT2D eigenvalue weighted by Gasteiger charge is -2.12. The van der Waals surface area contributed by atoms with Crippen LogP contribution in [0.1, 0.15) is 18.2 Å². The highest BCUT2D eigenvalue weighted by atomic mass is 127. The van der Waals surface area contributed by atoms with Crippen molar-refractivity contribution in [2.45, 2.75) is 19.6 Å². The first-order chi connectivity index (χ1) is 12.4. The first kappa shape index (κ1) is 23.0. The first-order valence-corrected chi connectivity index (χ1v) is 8.15. The highest BCUT2D eigenvalue weighted by Crippen LogP contribution is 2.27. The van der Waals surface area contributed by atoms with Crippen molar-refractivity contribution in [3.05, 3.63) is 42.0 Å². The van der Waals surface area contributed by atoms with Crippen LogP contribution in [-0.4, -0.2) is 40.1 Å². The van der Waals surface area contributed by atoms with Crippen LogP contribution in [-0.2, 0) is 19.8 Å². The van der Waals surface area contributed by atoms with Gasteiger partial charge in [-0.1, -0.05) is 0 Å². The van der Waals surface area contributed by atoms with E-state index in [4.69, 9.17) is 0 Å². The molecule has 0 saturated heterocycles. The van der Waals surface area contributed by atoms with Gasteiger partial charge in [-0.25, -0.2) is 15.0 Å². The SMILES string of the molecule is CCNC(=NCc1ccn(C)c1)NCCNc1nccc(C(F)(F)F)n1.I. The Hall–Kier alpha value is -2.05. The number of aryl methyl sites for hydroxylation is 1. The predicted octanol–water partition coefficient (Wildman–Crippen LogP) is 2.62. The fraction of sp³-hybridized carbons (Fsp3) is 0.438. The molecule has 2 heterocycles. The summed E-state index contributed by atoms with van der Waals surface area (Å²) in [4.78, 5) is 11.7. The van der Waals surface area contributed by atoms with Gasteiger partial charge >= 0.3 is 6.18 Å². The van der Waals surface area contributed by atoms with Crippen molar-refractivity contribution in [2.75, 3.05) is 25.0 Å². The van der Waals surface area contributed by atoms with Gasteiger partial charge < -0.3 is 20.5 Å². The number of nitrogens with one attached hydrogen (secondary N) is 3. The molecule has 0 aromatic carbocycles. The van der Waals surface area contributed by atoms with Crippen LogP contribution in [0.5, 0.6) is 0 Å². The number of anilines is 1. The predicted molar refractivity (Wildman–Crippen MR) is 109 cm³/mol. The smallest absolute Gasteiger partial charge is 0.357 e. The molecule has 3 N–H and O–H groups in total. The molecular formula is C16H23F3IN7. The van der Waals surface area contributed by atoms with Crippen LogP contribution < -0.4 is 16.0 Å². The van der Waals surface area contributed by atoms with Crippen molar-refractivity contribution in [1.82, 2.24) is 25.2 Å². The van der Waals surface area contributed by atoms with Crippen LogP contribution in [0.15, 0.2) is 35.7 Å². The lowest BCUT2D eigenvalue weighted by Crippen LogP contribution is -2.39. The molecule has 27 heavy (non-hydrogen) atoms. The van der Waals surface area contributed by atoms with Crippen LogP contribution in [0, 0.1) is 0 Å². The standard InChI is InChI=1S/C16H22F3N7.HI/c1-3-20-14(24-10-12-5-9-26(2)11-12)22-7-8-23-15-21-6-4-13(25-15)16(17,18)19;/h4-6,9,11H,3,7-8,10H2,1-2H3,(H2,20,22,24)(H,21,23,25);1H. The molecule has 0 bridgehead atoms. The van der Waals surface area contributed by atoms with E-state index in [9.17, 15) is 13.2 Å². The third-order valence-corrected chi connectivity index (χ3v) is 3.30. The molecule has 0 aliphatic carbocycles. The van der Waals surface area contributed by atoms with E-state index < -0.39 is 11.9 Å². The summed E-state index contributed by atoms with van der Waals surface area (Å²) in [6, 6.07) is 2.82. The summed E-state index contributed by atoms with van der Waals surface area (Å²) in [5.74, 6) is 0.566. The van der Waals surface area contributed by atoms with Gasteiger partial charge in [-0.05, 0) is 24.6 Å². The molecule has 7 nitrogen and oxygen atoms in total. The van der Waals surface area contributed by atoms with Crippen LogP contribution >= 0.6 is 24.0 Å². The van der Waals surface area contributed by atoms with Crippen LogP contribution in [0.2, 0.25) is 0 Å². The zero-order valence-electron chi connectivity index (χ0n) is 15.0. The summed E-state index contributed by atoms with van der Waals surface area (Å²) in [7, 11) is 1.94. The molecule has 150 valence electrons. The Morgan fingerprint density at radius 1 is 1.22 bits per heavy atom. The van der Waals surface area contributed by atoms with Crippen molar-refractivity contribution in [2.24, 2.45) is 12.0 Å². The second-order valence-electron chi connectivity index (χ2n) is 5.50. The molecule has 2 aromatic heterocycles. The van der Waals surface area contributed by atoms with Gasteiger partial charge in [0.25, 0.3) is 0 Å². The number of aliphatic imine (C=N–C) groups is 1. The molecule has 0 saturated carbocycles. The van der Waals surface area contributed by atoms with E-state index in [1.165, 1.54) is 0 Å². The van der Waals surface area contributed by atoms with Crippen LogP contribution in [0.3, 0.4) is 0 Å². The number of alkyl halides is 3. The molecule has 0 amide bonds. The fourth-order valence-electron chi connectivity index (χ4n) is 2.12. The highest BCUT2D eigenvalue weighted by molar-refractivity contribution is 14.0. The van der Waals surface area contributed by atoms with E-state index in [2.05, 4.69) is 30.9 Å². The summed E-state index contributed by atoms with van der Waals surface area (Å²) >= 11 is 0. The normalized spacial score (nSPS) is 11.7. The van der Waals surface area contributed by atoms with Crippen LogP contribution in [0.25, 0.3) is 0 Å². The van der Waals surface area contributed by atoms with E-state index >= 15 is 0 Å². The molecule has 0 aliphatic rings. The average molecular weight is 497 g/mol. The van der Waals surface area contributed by atoms with Crippen molar-refractivity contribution in [3.8, 4) is 0 Å². The summed E-state index contributed by atoms with van der Waals surface area (Å²) in [5, 5.41) is 8.98. The second-order valence-corrected chi connectivity index (χ2v) is 5.50. The Kier molecular flexibility index (Phi) is 9.32. The van der Waals surface area contributed by atoms with Gasteiger partial charge in [0.15, 0.2) is 5.96 Å². The first-order valence-electron chi connectivity index (χ1n) is 8.15. The van der Waals surface area contributed by atoms with E-state index in [0.717, 1.165) is 17.8 Å². The van der Waals surface area contributed by atoms with E-state index in [1.54, 1.807) is 0 Å². The van der Waals surface area contributed by atoms with Gasteiger partial charge in [0.1, 0.15) is 5.69 Å². The Labute approximate surface area is 172 Å². The summed E-state index contributed by atoms with van der Waals surface area (Å²) in [5.41, 5.74) is 0.112. The van der Waals surface area contributed by atoms with E-state index in [0.29, 0.717) is 32.1 Å². The molecule has 0 radical (unpaired) electrons. The maximum absolute atomic E-state index is 12.6. The summed E-state index contributed by atoms with van der Waals surface area (Å²) in [6.45, 7) is 3.97. The van der Waals surface area contributed by atoms with Gasteiger partial charge in [0.2, 0.25) is 5.95 Å². The number of nitrogens with zero attached hydrogens (tertiary/aromatic N) is 4. The Balaban J connectivity index is 0.00000364. The lowest BCUT2D eigenvalue weighted by atomic mass is 10.3. The largest absolute Gasteiger partial charge is 0.433 e. The summed E-state index contributed by atoms with van der Waals surface area (Å²) < 4.78 is 39.8. The van der Waals surface area contributed by atoms with Gasteiger partial charge in [-0.15, -0.1) is 24.0 Å². The molecule has 2 aromatic rings. The Morgan fingerprint density at radius 2 is 2.00 bits per heavy atom. The number of aromatic nitrogens is 3. The molecule has 0 spiro atoms. The zero-order chi connectivity index (χ0) is 19.0. The van der Waals surface area contributed by atoms with Crippen molar-refractivity contribution >= 4 is 35.9 Å². The maximum atomic E-state index is 12.6. The second kappa shape index (κ2) is 10.9. The summed E-state index contributed by atoms with van der Waals surface area (Å²) in [6.07, 6.45) is 0.528. The number of guanidine groups is 1. The molecule has 11 heteroatoms. The topological polar surface area (TPSA) is 79.2 Å². The molecule has 0 unspecified atom stereocenters. The van der Waals surface area contributed by atoms with Crippen molar-refractivity contribution in [3.63, 3.8) is 0 Å². The van der Waals surface area contributed by atoms with Gasteiger partial charge in [0, 0.05) is 45.3 Å². The van der Waals surface area contributed by atoms with Gasteiger partial charge in [-0.2, -0.15) is 13.2 Å². The Morgan fingerprint density at radius 3 is 2.63 bits per heavy atom. The van der Waals surface area contributed by atoms with E-state index in [-0.39, 0.29) is 29.9 Å². The minimum atomic E-state index is -4.49. The molecule has 0 fully saturated rings. The number of hydrogen-bond acceptors (Lipinski definition) is 4. The minimum Gasteiger partial charge on any atom is -0.357 e. The number of rotatable bonds is 7. The quantitative estimate of drug-likeness (QED) is 0.237. The van der Waals surface area contributed by atoms with Gasteiger partial charge in [-0.3, -0.25) is 0 Å². The molecular weight excluding hydrogens is 474 g/mol. The van der Waals surface area contributed by atoms with Crippen molar-refractivity contribution < 1.29 is 13.2 Å². The van der Waals surface area contributed by atoms with Gasteiger partial charge in [0.05, 0.1) is 6.54 Å². The number of hydrogen-bond donors (Lipinski definition) is 3.